The average Bonchev–Trinajstić information content (AvgIpc) is 2.58. The van der Waals surface area contributed by atoms with Crippen LogP contribution in [0.25, 0.3) is 11.4 Å². The normalized spacial score (nSPS) is 10.6. The van der Waals surface area contributed by atoms with Gasteiger partial charge in [-0.25, -0.2) is 8.78 Å². The van der Waals surface area contributed by atoms with Crippen molar-refractivity contribution in [3.05, 3.63) is 33.6 Å². The Balaban J connectivity index is 2.63. The predicted octanol–water partition coefficient (Wildman–Crippen LogP) is 3.07. The lowest BCUT2D eigenvalue weighted by Crippen LogP contribution is -1.89. The Hall–Kier alpha value is -1.27. The van der Waals surface area contributed by atoms with Crippen LogP contribution < -0.4 is 0 Å². The van der Waals surface area contributed by atoms with Gasteiger partial charge in [0.2, 0.25) is 4.77 Å². The van der Waals surface area contributed by atoms with Crippen molar-refractivity contribution >= 4 is 23.8 Å². The fourth-order valence-electron chi connectivity index (χ4n) is 1.10. The van der Waals surface area contributed by atoms with Crippen molar-refractivity contribution in [3.8, 4) is 11.4 Å². The van der Waals surface area contributed by atoms with Crippen LogP contribution in [-0.4, -0.2) is 15.2 Å². The van der Waals surface area contributed by atoms with Crippen molar-refractivity contribution in [2.45, 2.75) is 0 Å². The Morgan fingerprint density at radius 2 is 1.93 bits per heavy atom. The van der Waals surface area contributed by atoms with Crippen LogP contribution in [0.4, 0.5) is 8.78 Å². The summed E-state index contributed by atoms with van der Waals surface area (Å²) >= 11 is 10.1. The molecule has 0 radical (unpaired) electrons. The summed E-state index contributed by atoms with van der Waals surface area (Å²) in [7, 11) is 0. The standard InChI is InChI=1S/C8H4ClF2N3S/c9-4-2-5(10)3(1-6(4)11)7-12-8(15)14-13-7/h1-2H,(H2,12,13,14,15). The zero-order chi connectivity index (χ0) is 11.0. The Morgan fingerprint density at radius 1 is 1.20 bits per heavy atom. The number of nitrogens with zero attached hydrogens (tertiary/aromatic N) is 1. The number of aromatic nitrogens is 3. The van der Waals surface area contributed by atoms with Crippen molar-refractivity contribution in [1.29, 1.82) is 0 Å². The van der Waals surface area contributed by atoms with Gasteiger partial charge in [-0.2, -0.15) is 4.98 Å². The molecule has 2 aromatic rings. The quantitative estimate of drug-likeness (QED) is 0.601. The van der Waals surface area contributed by atoms with Gasteiger partial charge >= 0.3 is 0 Å². The molecule has 15 heavy (non-hydrogen) atoms. The third kappa shape index (κ3) is 1.91. The number of benzene rings is 1. The monoisotopic (exact) mass is 247 g/mol. The Morgan fingerprint density at radius 3 is 2.53 bits per heavy atom. The lowest BCUT2D eigenvalue weighted by atomic mass is 10.2. The van der Waals surface area contributed by atoms with Gasteiger partial charge in [0.1, 0.15) is 11.6 Å². The first-order chi connectivity index (χ1) is 7.08. The largest absolute Gasteiger partial charge is 0.282 e. The second kappa shape index (κ2) is 3.71. The molecule has 2 rings (SSSR count). The highest BCUT2D eigenvalue weighted by Gasteiger charge is 2.12. The molecule has 0 aliphatic heterocycles. The molecule has 1 aromatic heterocycles. The van der Waals surface area contributed by atoms with Gasteiger partial charge in [-0.3, -0.25) is 10.2 Å². The Labute approximate surface area is 93.1 Å². The van der Waals surface area contributed by atoms with Gasteiger partial charge in [0.05, 0.1) is 10.6 Å². The number of halogens is 3. The molecule has 0 saturated heterocycles. The minimum Gasteiger partial charge on any atom is -0.282 e. The predicted molar refractivity (Wildman–Crippen MR) is 54.1 cm³/mol. The molecule has 0 saturated carbocycles. The number of aromatic amines is 2. The summed E-state index contributed by atoms with van der Waals surface area (Å²) in [4.78, 5) is 3.77. The third-order valence-corrected chi connectivity index (χ3v) is 2.25. The van der Waals surface area contributed by atoms with Crippen LogP contribution in [0, 0.1) is 16.4 Å². The minimum atomic E-state index is -0.713. The SMILES string of the molecule is Fc1cc(-c2nc(=S)[nH][nH]2)c(F)cc1Cl. The number of hydrogen-bond donors (Lipinski definition) is 2. The van der Waals surface area contributed by atoms with Gasteiger partial charge in [0.25, 0.3) is 0 Å². The molecule has 3 nitrogen and oxygen atoms in total. The van der Waals surface area contributed by atoms with Crippen LogP contribution in [0.1, 0.15) is 0 Å². The zero-order valence-corrected chi connectivity index (χ0v) is 8.72. The maximum atomic E-state index is 13.4. The second-order valence-electron chi connectivity index (χ2n) is 2.76. The lowest BCUT2D eigenvalue weighted by molar-refractivity contribution is 0.602. The van der Waals surface area contributed by atoms with Crippen LogP contribution in [0.5, 0.6) is 0 Å². The molecule has 0 amide bonds. The highest BCUT2D eigenvalue weighted by molar-refractivity contribution is 7.71. The van der Waals surface area contributed by atoms with Crippen LogP contribution in [-0.2, 0) is 0 Å². The molecule has 78 valence electrons. The lowest BCUT2D eigenvalue weighted by Gasteiger charge is -2.00. The summed E-state index contributed by atoms with van der Waals surface area (Å²) in [6.45, 7) is 0. The molecule has 7 heteroatoms. The van der Waals surface area contributed by atoms with E-state index in [-0.39, 0.29) is 21.2 Å². The number of nitrogens with one attached hydrogen (secondary N) is 2. The topological polar surface area (TPSA) is 44.5 Å². The van der Waals surface area contributed by atoms with E-state index in [1.165, 1.54) is 0 Å². The smallest absolute Gasteiger partial charge is 0.213 e. The molecule has 0 atom stereocenters. The molecule has 2 N–H and O–H groups in total. The Kier molecular flexibility index (Phi) is 2.54. The van der Waals surface area contributed by atoms with E-state index in [1.807, 2.05) is 0 Å². The molecule has 0 aliphatic carbocycles. The van der Waals surface area contributed by atoms with Crippen molar-refractivity contribution in [2.75, 3.05) is 0 Å². The molecule has 1 heterocycles. The number of rotatable bonds is 1. The van der Waals surface area contributed by atoms with E-state index in [4.69, 9.17) is 23.8 Å². The molecule has 0 fully saturated rings. The fourth-order valence-corrected chi connectivity index (χ4v) is 1.39. The van der Waals surface area contributed by atoms with Gasteiger partial charge in [-0.15, -0.1) is 0 Å². The molecule has 0 bridgehead atoms. The van der Waals surface area contributed by atoms with Gasteiger partial charge < -0.3 is 0 Å². The molecule has 0 aliphatic rings. The summed E-state index contributed by atoms with van der Waals surface area (Å²) in [6.07, 6.45) is 0. The van der Waals surface area contributed by atoms with E-state index >= 15 is 0 Å². The van der Waals surface area contributed by atoms with Gasteiger partial charge in [-0.1, -0.05) is 11.6 Å². The summed E-state index contributed by atoms with van der Waals surface area (Å²) < 4.78 is 26.6. The molecule has 0 unspecified atom stereocenters. The average molecular weight is 248 g/mol. The van der Waals surface area contributed by atoms with Crippen LogP contribution >= 0.6 is 23.8 Å². The van der Waals surface area contributed by atoms with E-state index in [1.54, 1.807) is 0 Å². The van der Waals surface area contributed by atoms with E-state index in [2.05, 4.69) is 15.2 Å². The van der Waals surface area contributed by atoms with Crippen molar-refractivity contribution < 1.29 is 8.78 Å². The second-order valence-corrected chi connectivity index (χ2v) is 3.56. The maximum Gasteiger partial charge on any atom is 0.213 e. The Bertz CT molecular complexity index is 563. The summed E-state index contributed by atoms with van der Waals surface area (Å²) in [5.74, 6) is -1.25. The molecule has 0 spiro atoms. The summed E-state index contributed by atoms with van der Waals surface area (Å²) in [5, 5.41) is 4.73. The van der Waals surface area contributed by atoms with Crippen LogP contribution in [0.2, 0.25) is 5.02 Å². The van der Waals surface area contributed by atoms with Crippen LogP contribution in [0.15, 0.2) is 12.1 Å². The third-order valence-electron chi connectivity index (χ3n) is 1.77. The van der Waals surface area contributed by atoms with Crippen LogP contribution in [0.3, 0.4) is 0 Å². The van der Waals surface area contributed by atoms with E-state index in [9.17, 15) is 8.78 Å². The van der Waals surface area contributed by atoms with Gasteiger partial charge in [-0.05, 0) is 24.4 Å². The summed E-state index contributed by atoms with van der Waals surface area (Å²) in [5.41, 5.74) is -0.0238. The van der Waals surface area contributed by atoms with Crippen molar-refractivity contribution in [1.82, 2.24) is 15.2 Å². The van der Waals surface area contributed by atoms with Gasteiger partial charge in [0, 0.05) is 0 Å². The van der Waals surface area contributed by atoms with Crippen molar-refractivity contribution in [3.63, 3.8) is 0 Å². The number of hydrogen-bond acceptors (Lipinski definition) is 2. The first kappa shape index (κ1) is 10.3. The molecule has 1 aromatic carbocycles. The van der Waals surface area contributed by atoms with Gasteiger partial charge in [0.15, 0.2) is 5.82 Å². The zero-order valence-electron chi connectivity index (χ0n) is 7.14. The van der Waals surface area contributed by atoms with Crippen molar-refractivity contribution in [2.24, 2.45) is 0 Å². The highest BCUT2D eigenvalue weighted by Crippen LogP contribution is 2.24. The van der Waals surface area contributed by atoms with E-state index < -0.39 is 11.6 Å². The first-order valence-electron chi connectivity index (χ1n) is 3.87. The summed E-state index contributed by atoms with van der Waals surface area (Å²) in [6, 6.07) is 1.84. The fraction of sp³-hybridized carbons (Fsp3) is 0. The van der Waals surface area contributed by atoms with E-state index in [0.717, 1.165) is 12.1 Å². The van der Waals surface area contributed by atoms with E-state index in [0.29, 0.717) is 0 Å². The number of H-pyrrole nitrogens is 2. The molecular formula is C8H4ClF2N3S. The molecular weight excluding hydrogens is 244 g/mol. The minimum absolute atomic E-state index is 0.0238. The first-order valence-corrected chi connectivity index (χ1v) is 4.66. The highest BCUT2D eigenvalue weighted by atomic mass is 35.5. The maximum absolute atomic E-state index is 13.4.